The summed E-state index contributed by atoms with van der Waals surface area (Å²) in [6.45, 7) is 3.55. The normalized spacial score (nSPS) is 18.3. The van der Waals surface area contributed by atoms with Crippen molar-refractivity contribution in [1.29, 1.82) is 0 Å². The Labute approximate surface area is 227 Å². The monoisotopic (exact) mass is 565 g/mol. The lowest BCUT2D eigenvalue weighted by Crippen LogP contribution is -2.46. The van der Waals surface area contributed by atoms with Crippen LogP contribution >= 0.6 is 24.0 Å². The summed E-state index contributed by atoms with van der Waals surface area (Å²) in [6.07, 6.45) is -0.148. The van der Waals surface area contributed by atoms with Gasteiger partial charge in [-0.15, -0.1) is 0 Å². The van der Waals surface area contributed by atoms with E-state index in [1.165, 1.54) is 6.07 Å². The van der Waals surface area contributed by atoms with Gasteiger partial charge in [0.1, 0.15) is 12.4 Å². The molecule has 3 N–H and O–H groups in total. The maximum absolute atomic E-state index is 13.9. The first-order chi connectivity index (χ1) is 18.2. The molecule has 2 saturated heterocycles. The lowest BCUT2D eigenvalue weighted by Gasteiger charge is -2.26. The van der Waals surface area contributed by atoms with Crippen LogP contribution in [0.5, 0.6) is 5.75 Å². The zero-order valence-electron chi connectivity index (χ0n) is 20.1. The highest BCUT2D eigenvalue weighted by atomic mass is 32.2. The summed E-state index contributed by atoms with van der Waals surface area (Å²) in [7, 11) is 0. The van der Waals surface area contributed by atoms with E-state index >= 15 is 0 Å². The van der Waals surface area contributed by atoms with E-state index in [1.807, 2.05) is 0 Å². The number of benzene rings is 2. The molecule has 9 nitrogen and oxygen atoms in total. The van der Waals surface area contributed by atoms with Gasteiger partial charge in [0.25, 0.3) is 5.91 Å². The molecule has 1 atom stereocenters. The summed E-state index contributed by atoms with van der Waals surface area (Å²) in [4.78, 5) is 26.3. The van der Waals surface area contributed by atoms with Gasteiger partial charge >= 0.3 is 5.97 Å². The number of amides is 1. The summed E-state index contributed by atoms with van der Waals surface area (Å²) in [5.74, 6) is -3.43. The van der Waals surface area contributed by atoms with Crippen LogP contribution in [-0.2, 0) is 14.3 Å². The van der Waals surface area contributed by atoms with Gasteiger partial charge in [0, 0.05) is 25.2 Å². The maximum Gasteiger partial charge on any atom is 0.333 e. The molecule has 2 aliphatic rings. The molecule has 202 valence electrons. The van der Waals surface area contributed by atoms with Gasteiger partial charge in [-0.3, -0.25) is 9.69 Å². The largest absolute Gasteiger partial charge is 0.492 e. The molecule has 2 aromatic carbocycles. The minimum absolute atomic E-state index is 0.130. The molecule has 0 saturated carbocycles. The van der Waals surface area contributed by atoms with Crippen molar-refractivity contribution in [1.82, 2.24) is 15.3 Å². The van der Waals surface area contributed by atoms with Crippen molar-refractivity contribution in [3.8, 4) is 16.9 Å². The molecular weight excluding hydrogens is 540 g/mol. The number of rotatable bonds is 10. The number of halogens is 2. The first-order valence-electron chi connectivity index (χ1n) is 11.7. The van der Waals surface area contributed by atoms with E-state index in [-0.39, 0.29) is 9.23 Å². The quantitative estimate of drug-likeness (QED) is 0.294. The van der Waals surface area contributed by atoms with Gasteiger partial charge in [0.05, 0.1) is 24.7 Å². The van der Waals surface area contributed by atoms with Crippen LogP contribution in [0.2, 0.25) is 0 Å². The highest BCUT2D eigenvalue weighted by Crippen LogP contribution is 2.35. The van der Waals surface area contributed by atoms with Crippen molar-refractivity contribution >= 4 is 46.3 Å². The number of thiocarbonyl (C=S) groups is 1. The summed E-state index contributed by atoms with van der Waals surface area (Å²) in [6, 6.07) is 8.70. The van der Waals surface area contributed by atoms with Crippen LogP contribution < -0.4 is 10.2 Å². The van der Waals surface area contributed by atoms with Crippen molar-refractivity contribution in [2.24, 2.45) is 0 Å². The van der Waals surface area contributed by atoms with E-state index in [9.17, 15) is 23.5 Å². The van der Waals surface area contributed by atoms with E-state index in [4.69, 9.17) is 26.8 Å². The SMILES string of the molecule is O=C(O)C(O)CNN1C(=O)/C(=C/c2cc(-c3ccc(F)c(F)c3)ccc2OCCN2CCOCC2)SC1=S. The lowest BCUT2D eigenvalue weighted by molar-refractivity contribution is -0.147. The fourth-order valence-corrected chi connectivity index (χ4v) is 4.98. The second-order valence-electron chi connectivity index (χ2n) is 8.42. The third kappa shape index (κ3) is 6.92. The molecular formula is C25H25F2N3O6S2. The molecule has 1 unspecified atom stereocenters. The average Bonchev–Trinajstić information content (AvgIpc) is 3.17. The van der Waals surface area contributed by atoms with Crippen LogP contribution in [0.4, 0.5) is 8.78 Å². The third-order valence-corrected chi connectivity index (χ3v) is 7.14. The van der Waals surface area contributed by atoms with Crippen molar-refractivity contribution < 1.29 is 38.1 Å². The number of nitrogens with zero attached hydrogens (tertiary/aromatic N) is 2. The highest BCUT2D eigenvalue weighted by Gasteiger charge is 2.33. The summed E-state index contributed by atoms with van der Waals surface area (Å²) < 4.78 is 38.9. The van der Waals surface area contributed by atoms with Crippen molar-refractivity contribution in [2.75, 3.05) is 46.0 Å². The van der Waals surface area contributed by atoms with Crippen molar-refractivity contribution in [3.63, 3.8) is 0 Å². The number of morpholine rings is 1. The van der Waals surface area contributed by atoms with Gasteiger partial charge in [0.2, 0.25) is 0 Å². The molecule has 0 spiro atoms. The Morgan fingerprint density at radius 2 is 1.89 bits per heavy atom. The van der Waals surface area contributed by atoms with Gasteiger partial charge in [-0.05, 0) is 41.5 Å². The Bertz CT molecular complexity index is 1260. The molecule has 2 fully saturated rings. The Balaban J connectivity index is 1.58. The van der Waals surface area contributed by atoms with Crippen LogP contribution in [-0.4, -0.2) is 88.4 Å². The van der Waals surface area contributed by atoms with E-state index in [2.05, 4.69) is 10.3 Å². The molecule has 2 aromatic rings. The Morgan fingerprint density at radius 3 is 2.61 bits per heavy atom. The Morgan fingerprint density at radius 1 is 1.18 bits per heavy atom. The molecule has 0 aromatic heterocycles. The minimum atomic E-state index is -1.72. The summed E-state index contributed by atoms with van der Waals surface area (Å²) in [5, 5.41) is 19.4. The molecule has 2 aliphatic heterocycles. The minimum Gasteiger partial charge on any atom is -0.492 e. The summed E-state index contributed by atoms with van der Waals surface area (Å²) in [5.41, 5.74) is 4.07. The highest BCUT2D eigenvalue weighted by molar-refractivity contribution is 8.26. The van der Waals surface area contributed by atoms with Crippen LogP contribution in [0.1, 0.15) is 5.56 Å². The number of hydrazine groups is 1. The van der Waals surface area contributed by atoms with Gasteiger partial charge in [-0.25, -0.2) is 24.0 Å². The number of carboxylic acid groups (broad SMARTS) is 1. The number of nitrogens with one attached hydrogen (secondary N) is 1. The molecule has 13 heteroatoms. The van der Waals surface area contributed by atoms with E-state index in [1.54, 1.807) is 24.3 Å². The second kappa shape index (κ2) is 12.7. The van der Waals surface area contributed by atoms with Crippen molar-refractivity contribution in [3.05, 3.63) is 58.5 Å². The number of thioether (sulfide) groups is 1. The van der Waals surface area contributed by atoms with E-state index in [0.29, 0.717) is 48.8 Å². The van der Waals surface area contributed by atoms with Crippen LogP contribution in [0.3, 0.4) is 0 Å². The first kappa shape index (κ1) is 28.1. The molecule has 1 amide bonds. The molecule has 38 heavy (non-hydrogen) atoms. The number of carbonyl (C=O) groups is 2. The number of aliphatic hydroxyl groups excluding tert-OH is 1. The van der Waals surface area contributed by atoms with Crippen LogP contribution in [0.25, 0.3) is 17.2 Å². The molecule has 0 aliphatic carbocycles. The fourth-order valence-electron chi connectivity index (χ4n) is 3.77. The molecule has 0 radical (unpaired) electrons. The number of aliphatic carboxylic acids is 1. The smallest absolute Gasteiger partial charge is 0.333 e. The predicted octanol–water partition coefficient (Wildman–Crippen LogP) is 2.49. The molecule has 4 rings (SSSR count). The molecule has 2 heterocycles. The Kier molecular flexibility index (Phi) is 9.41. The second-order valence-corrected chi connectivity index (χ2v) is 10.1. The van der Waals surface area contributed by atoms with Crippen LogP contribution in [0.15, 0.2) is 41.3 Å². The van der Waals surface area contributed by atoms with Gasteiger partial charge in [-0.1, -0.05) is 36.1 Å². The van der Waals surface area contributed by atoms with E-state index < -0.39 is 36.2 Å². The standard InChI is InChI=1S/C25H25F2N3O6S2/c26-18-3-1-16(12-19(18)27)15-2-4-21(36-10-7-29-5-8-35-9-6-29)17(11-15)13-22-23(32)30(25(37)38-22)28-14-20(31)24(33)34/h1-4,11-13,20,28,31H,5-10,14H2,(H,33,34)/b22-13-. The zero-order valence-corrected chi connectivity index (χ0v) is 21.7. The summed E-state index contributed by atoms with van der Waals surface area (Å²) >= 11 is 6.23. The van der Waals surface area contributed by atoms with E-state index in [0.717, 1.165) is 42.0 Å². The first-order valence-corrected chi connectivity index (χ1v) is 12.9. The van der Waals surface area contributed by atoms with Crippen LogP contribution in [0, 0.1) is 11.6 Å². The van der Waals surface area contributed by atoms with Gasteiger partial charge in [-0.2, -0.15) is 0 Å². The lowest BCUT2D eigenvalue weighted by atomic mass is 10.0. The average molecular weight is 566 g/mol. The number of aliphatic hydroxyl groups is 1. The zero-order chi connectivity index (χ0) is 27.2. The third-order valence-electron chi connectivity index (χ3n) is 5.84. The van der Waals surface area contributed by atoms with Crippen molar-refractivity contribution in [2.45, 2.75) is 6.10 Å². The van der Waals surface area contributed by atoms with Gasteiger partial charge in [0.15, 0.2) is 22.1 Å². The topological polar surface area (TPSA) is 112 Å². The predicted molar refractivity (Wildman–Crippen MR) is 141 cm³/mol. The number of hydrogen-bond donors (Lipinski definition) is 3. The van der Waals surface area contributed by atoms with Gasteiger partial charge < -0.3 is 19.7 Å². The number of hydrogen-bond acceptors (Lipinski definition) is 9. The maximum atomic E-state index is 13.9. The Hall–Kier alpha value is -2.94. The number of carbonyl (C=O) groups excluding carboxylic acids is 1. The molecule has 0 bridgehead atoms. The fraction of sp³-hybridized carbons (Fsp3) is 0.320. The number of carboxylic acids is 1. The number of ether oxygens (including phenoxy) is 2.